The normalized spacial score (nSPS) is 13.9. The van der Waals surface area contributed by atoms with Gasteiger partial charge in [0.15, 0.2) is 0 Å². The van der Waals surface area contributed by atoms with Crippen LogP contribution in [0.3, 0.4) is 0 Å². The zero-order valence-electron chi connectivity index (χ0n) is 44.1. The van der Waals surface area contributed by atoms with E-state index in [-0.39, 0.29) is 0 Å². The number of hydrogen-bond donors (Lipinski definition) is 0. The highest BCUT2D eigenvalue weighted by molar-refractivity contribution is 6.54. The molecule has 5 aromatic rings. The maximum absolute atomic E-state index is 4.21. The molecule has 1 atom stereocenters. The second kappa shape index (κ2) is 29.5. The Balaban J connectivity index is 0.000000238. The number of hydrogen-bond acceptors (Lipinski definition) is 3. The third kappa shape index (κ3) is 17.4. The van der Waals surface area contributed by atoms with Crippen molar-refractivity contribution in [2.24, 2.45) is 9.98 Å². The Morgan fingerprint density at radius 2 is 0.761 bits per heavy atom. The molecule has 0 heterocycles. The number of benzene rings is 5. The van der Waals surface area contributed by atoms with Crippen LogP contribution >= 0.6 is 0 Å². The van der Waals surface area contributed by atoms with Crippen LogP contribution in [0, 0.1) is 27.7 Å². The molecule has 1 aliphatic carbocycles. The van der Waals surface area contributed by atoms with Gasteiger partial charge in [0, 0.05) is 31.2 Å². The number of allylic oxidation sites excluding steroid dienone is 4. The first-order chi connectivity index (χ1) is 32.4. The van der Waals surface area contributed by atoms with E-state index in [4.69, 9.17) is 0 Å². The molecule has 0 radical (unpaired) electrons. The lowest BCUT2D eigenvalue weighted by Crippen LogP contribution is -2.19. The van der Waals surface area contributed by atoms with Crippen LogP contribution in [0.25, 0.3) is 11.1 Å². The Morgan fingerprint density at radius 3 is 1.12 bits per heavy atom. The summed E-state index contributed by atoms with van der Waals surface area (Å²) in [5, 5.41) is 0. The molecule has 0 saturated carbocycles. The van der Waals surface area contributed by atoms with Gasteiger partial charge < -0.3 is 4.90 Å². The molecule has 3 nitrogen and oxygen atoms in total. The average molecular weight is 898 g/mol. The Bertz CT molecular complexity index is 2200. The van der Waals surface area contributed by atoms with Crippen molar-refractivity contribution in [2.75, 3.05) is 19.0 Å². The lowest BCUT2D eigenvalue weighted by atomic mass is 9.89. The first kappa shape index (κ1) is 54.3. The van der Waals surface area contributed by atoms with E-state index < -0.39 is 0 Å². The summed E-state index contributed by atoms with van der Waals surface area (Å²) in [5.74, 6) is 0.598. The van der Waals surface area contributed by atoms with Crippen LogP contribution < -0.4 is 4.90 Å². The van der Waals surface area contributed by atoms with Crippen molar-refractivity contribution in [3.05, 3.63) is 171 Å². The van der Waals surface area contributed by atoms with Crippen LogP contribution in [0.1, 0.15) is 170 Å². The van der Waals surface area contributed by atoms with Gasteiger partial charge in [0.2, 0.25) is 0 Å². The predicted octanol–water partition coefficient (Wildman–Crippen LogP) is 19.1. The number of rotatable bonds is 20. The lowest BCUT2D eigenvalue weighted by molar-refractivity contribution is 0.607. The van der Waals surface area contributed by atoms with Crippen LogP contribution in [-0.4, -0.2) is 25.5 Å². The molecule has 0 spiro atoms. The average Bonchev–Trinajstić information content (AvgIpc) is 3.34. The second-order valence-electron chi connectivity index (χ2n) is 19.1. The molecule has 3 heteroatoms. The summed E-state index contributed by atoms with van der Waals surface area (Å²) in [4.78, 5) is 10.7. The quantitative estimate of drug-likeness (QED) is 0.0565. The molecule has 0 bridgehead atoms. The van der Waals surface area contributed by atoms with Crippen LogP contribution in [0.15, 0.2) is 142 Å². The van der Waals surface area contributed by atoms with Gasteiger partial charge >= 0.3 is 0 Å². The summed E-state index contributed by atoms with van der Waals surface area (Å²) in [6.45, 7) is 21.9. The summed E-state index contributed by atoms with van der Waals surface area (Å²) in [6.07, 6.45) is 24.1. The van der Waals surface area contributed by atoms with Crippen molar-refractivity contribution in [3.63, 3.8) is 0 Å². The molecule has 0 saturated heterocycles. The zero-order chi connectivity index (χ0) is 48.6. The predicted molar refractivity (Wildman–Crippen MR) is 299 cm³/mol. The van der Waals surface area contributed by atoms with E-state index in [1.807, 2.05) is 0 Å². The molecule has 5 aromatic carbocycles. The fourth-order valence-electron chi connectivity index (χ4n) is 8.94. The minimum absolute atomic E-state index is 0.598. The Morgan fingerprint density at radius 1 is 0.418 bits per heavy atom. The monoisotopic (exact) mass is 898 g/mol. The molecule has 0 aromatic heterocycles. The Labute approximate surface area is 409 Å². The zero-order valence-corrected chi connectivity index (χ0v) is 44.1. The summed E-state index contributed by atoms with van der Waals surface area (Å²) < 4.78 is 0. The van der Waals surface area contributed by atoms with E-state index in [1.165, 1.54) is 163 Å². The number of aliphatic imine (C=N–C) groups is 2. The maximum atomic E-state index is 4.21. The van der Waals surface area contributed by atoms with Gasteiger partial charge in [0.05, 0.1) is 11.4 Å². The third-order valence-electron chi connectivity index (χ3n) is 13.3. The molecule has 0 N–H and O–H groups in total. The Hall–Kier alpha value is -5.28. The van der Waals surface area contributed by atoms with Gasteiger partial charge in [0.1, 0.15) is 0 Å². The summed E-state index contributed by atoms with van der Waals surface area (Å²) in [7, 11) is 3.60. The highest BCUT2D eigenvalue weighted by Gasteiger charge is 2.16. The van der Waals surface area contributed by atoms with E-state index in [2.05, 4.69) is 205 Å². The summed E-state index contributed by atoms with van der Waals surface area (Å²) >= 11 is 0. The number of nitrogens with zero attached hydrogens (tertiary/aromatic N) is 3. The van der Waals surface area contributed by atoms with E-state index in [0.29, 0.717) is 5.92 Å². The van der Waals surface area contributed by atoms with Gasteiger partial charge in [-0.1, -0.05) is 199 Å². The third-order valence-corrected chi connectivity index (χ3v) is 13.3. The van der Waals surface area contributed by atoms with Crippen molar-refractivity contribution < 1.29 is 0 Å². The minimum Gasteiger partial charge on any atom is -0.311 e. The van der Waals surface area contributed by atoms with Crippen molar-refractivity contribution in [3.8, 4) is 11.1 Å². The fourth-order valence-corrected chi connectivity index (χ4v) is 8.94. The first-order valence-corrected chi connectivity index (χ1v) is 26.0. The molecule has 0 fully saturated rings. The molecule has 1 aliphatic rings. The SMILES string of the molecule is CCC(C)c1ccc(N(c2ccc(C)cc2)c2ccc(C)cc2)cc1.CCCCCCCCc1cc(C)ccc1-c1ccc(C)cc1CCCCCCCC.CN=C1C(C)=CC=C(C)C1=NC. The largest absolute Gasteiger partial charge is 0.311 e. The molecule has 0 aliphatic heterocycles. The minimum atomic E-state index is 0.598. The van der Waals surface area contributed by atoms with Crippen LogP contribution in [0.5, 0.6) is 0 Å². The number of unbranched alkanes of at least 4 members (excludes halogenated alkanes) is 10. The second-order valence-corrected chi connectivity index (χ2v) is 19.1. The highest BCUT2D eigenvalue weighted by atomic mass is 15.1. The molecular formula is C64H87N3. The molecular weight excluding hydrogens is 811 g/mol. The van der Waals surface area contributed by atoms with Gasteiger partial charge in [-0.25, -0.2) is 0 Å². The maximum Gasteiger partial charge on any atom is 0.0854 e. The number of aryl methyl sites for hydroxylation is 6. The van der Waals surface area contributed by atoms with Gasteiger partial charge in [-0.15, -0.1) is 0 Å². The van der Waals surface area contributed by atoms with Gasteiger partial charge in [-0.3, -0.25) is 9.98 Å². The molecule has 1 unspecified atom stereocenters. The first-order valence-electron chi connectivity index (χ1n) is 26.0. The lowest BCUT2D eigenvalue weighted by Gasteiger charge is -2.26. The van der Waals surface area contributed by atoms with Gasteiger partial charge in [-0.2, -0.15) is 0 Å². The van der Waals surface area contributed by atoms with Crippen molar-refractivity contribution in [2.45, 2.75) is 171 Å². The fraction of sp³-hybridized carbons (Fsp3) is 0.438. The standard InChI is InChI=1S/C30H46.C24H27N.C10H14N2/c1-5-7-9-11-13-15-17-27-23-25(3)19-21-29(27)30-22-20-26(4)24-28(30)18-16-14-12-10-8-6-2;1-5-20(4)21-10-16-24(17-11-21)25(22-12-6-18(2)7-13-22)23-14-8-19(3)9-15-23;1-7-5-6-8(2)10(12-4)9(7)11-3/h19-24H,5-18H2,1-4H3;6-17,20H,5H2,1-4H3;5-6H,1-4H3. The smallest absolute Gasteiger partial charge is 0.0854 e. The van der Waals surface area contributed by atoms with Crippen LogP contribution in [0.4, 0.5) is 17.1 Å². The van der Waals surface area contributed by atoms with Crippen molar-refractivity contribution in [1.82, 2.24) is 0 Å². The molecule has 67 heavy (non-hydrogen) atoms. The topological polar surface area (TPSA) is 28.0 Å². The van der Waals surface area contributed by atoms with E-state index >= 15 is 0 Å². The van der Waals surface area contributed by atoms with Crippen molar-refractivity contribution in [1.29, 1.82) is 0 Å². The van der Waals surface area contributed by atoms with E-state index in [0.717, 1.165) is 11.4 Å². The molecule has 0 amide bonds. The summed E-state index contributed by atoms with van der Waals surface area (Å²) in [5.41, 5.74) is 20.8. The van der Waals surface area contributed by atoms with Crippen LogP contribution in [0.2, 0.25) is 0 Å². The van der Waals surface area contributed by atoms with Crippen LogP contribution in [-0.2, 0) is 12.8 Å². The van der Waals surface area contributed by atoms with E-state index in [9.17, 15) is 0 Å². The molecule has 6 rings (SSSR count). The highest BCUT2D eigenvalue weighted by Crippen LogP contribution is 2.36. The molecule has 358 valence electrons. The van der Waals surface area contributed by atoms with Crippen molar-refractivity contribution >= 4 is 28.5 Å². The number of anilines is 3. The van der Waals surface area contributed by atoms with E-state index in [1.54, 1.807) is 25.2 Å². The van der Waals surface area contributed by atoms with Gasteiger partial charge in [0.25, 0.3) is 0 Å². The Kier molecular flexibility index (Phi) is 23.9. The van der Waals surface area contributed by atoms with Gasteiger partial charge in [-0.05, 0) is 155 Å². The summed E-state index contributed by atoms with van der Waals surface area (Å²) in [6, 6.07) is 40.7.